The molecule has 92 valence electrons. The van der Waals surface area contributed by atoms with Crippen molar-refractivity contribution >= 4 is 30.1 Å². The lowest BCUT2D eigenvalue weighted by atomic mass is 10.2. The monoisotopic (exact) mass is 263 g/mol. The number of aliphatic imine (C=N–C) groups is 1. The predicted octanol–water partition coefficient (Wildman–Crippen LogP) is 2.91. The Kier molecular flexibility index (Phi) is 3.37. The van der Waals surface area contributed by atoms with Gasteiger partial charge in [0.1, 0.15) is 0 Å². The summed E-state index contributed by atoms with van der Waals surface area (Å²) >= 11 is 1.65. The second-order valence-corrected chi connectivity index (χ2v) is 5.48. The molecule has 2 aliphatic rings. The highest BCUT2D eigenvalue weighted by Gasteiger charge is 2.07. The van der Waals surface area contributed by atoms with Crippen molar-refractivity contribution in [3.63, 3.8) is 0 Å². The van der Waals surface area contributed by atoms with Gasteiger partial charge in [-0.3, -0.25) is 4.99 Å². The summed E-state index contributed by atoms with van der Waals surface area (Å²) in [7, 11) is 0. The molecule has 1 aromatic carbocycles. The third kappa shape index (κ3) is 2.70. The van der Waals surface area contributed by atoms with Gasteiger partial charge >= 0.3 is 0 Å². The molecule has 0 saturated heterocycles. The predicted molar refractivity (Wildman–Crippen MR) is 84.1 cm³/mol. The van der Waals surface area contributed by atoms with E-state index in [9.17, 15) is 0 Å². The Bertz CT molecular complexity index is 772. The van der Waals surface area contributed by atoms with Crippen LogP contribution >= 0.6 is 11.8 Å². The summed E-state index contributed by atoms with van der Waals surface area (Å²) in [5, 5.41) is 2.44. The summed E-state index contributed by atoms with van der Waals surface area (Å²) < 4.78 is 0. The number of benzene rings is 1. The zero-order valence-corrected chi connectivity index (χ0v) is 11.3. The topological polar surface area (TPSA) is 12.4 Å². The van der Waals surface area contributed by atoms with Crippen molar-refractivity contribution in [3.05, 3.63) is 74.7 Å². The smallest absolute Gasteiger partial charge is 0.0587 e. The van der Waals surface area contributed by atoms with Gasteiger partial charge in [0.15, 0.2) is 0 Å². The molecule has 2 heteroatoms. The number of hydrogen-bond acceptors (Lipinski definition) is 2. The second-order valence-electron chi connectivity index (χ2n) is 4.32. The van der Waals surface area contributed by atoms with Crippen LogP contribution in [-0.4, -0.2) is 6.21 Å². The second kappa shape index (κ2) is 5.31. The molecule has 1 nitrogen and oxygen atoms in total. The van der Waals surface area contributed by atoms with E-state index >= 15 is 0 Å². The van der Waals surface area contributed by atoms with Gasteiger partial charge in [-0.15, -0.1) is 5.73 Å². The molecule has 0 aromatic heterocycles. The summed E-state index contributed by atoms with van der Waals surface area (Å²) in [6, 6.07) is 8.36. The number of allylic oxidation sites excluding steroid dienone is 3. The first kappa shape index (κ1) is 12.0. The van der Waals surface area contributed by atoms with E-state index in [1.54, 1.807) is 18.0 Å². The zero-order chi connectivity index (χ0) is 13.1. The highest BCUT2D eigenvalue weighted by molar-refractivity contribution is 8.07. The van der Waals surface area contributed by atoms with Gasteiger partial charge in [-0.25, -0.2) is 0 Å². The minimum Gasteiger partial charge on any atom is -0.259 e. The quantitative estimate of drug-likeness (QED) is 0.656. The normalized spacial score (nSPS) is 20.9. The van der Waals surface area contributed by atoms with E-state index in [0.29, 0.717) is 0 Å². The third-order valence-electron chi connectivity index (χ3n) is 2.97. The minimum atomic E-state index is 0.822. The maximum Gasteiger partial charge on any atom is 0.0587 e. The van der Waals surface area contributed by atoms with E-state index in [2.05, 4.69) is 53.7 Å². The fourth-order valence-electron chi connectivity index (χ4n) is 2.06. The molecule has 2 heterocycles. The van der Waals surface area contributed by atoms with Crippen LogP contribution in [0.3, 0.4) is 0 Å². The van der Waals surface area contributed by atoms with E-state index in [4.69, 9.17) is 0 Å². The molecule has 0 unspecified atom stereocenters. The van der Waals surface area contributed by atoms with E-state index in [-0.39, 0.29) is 0 Å². The fourth-order valence-corrected chi connectivity index (χ4v) is 2.91. The van der Waals surface area contributed by atoms with E-state index < -0.39 is 0 Å². The SMILES string of the molecule is C=C1/C=c2/cccc/c2=C/CC2=C(C=C=CC=N2)S1. The van der Waals surface area contributed by atoms with E-state index in [1.807, 2.05) is 12.2 Å². The van der Waals surface area contributed by atoms with Crippen molar-refractivity contribution in [2.75, 3.05) is 0 Å². The number of nitrogens with zero attached hydrogens (tertiary/aromatic N) is 1. The average Bonchev–Trinajstić information content (AvgIpc) is 2.59. The molecule has 0 aliphatic carbocycles. The van der Waals surface area contributed by atoms with Crippen molar-refractivity contribution in [2.45, 2.75) is 6.42 Å². The summed E-state index contributed by atoms with van der Waals surface area (Å²) in [6.45, 7) is 4.13. The lowest BCUT2D eigenvalue weighted by Crippen LogP contribution is -2.23. The first-order valence-electron chi connectivity index (χ1n) is 6.15. The maximum atomic E-state index is 4.49. The third-order valence-corrected chi connectivity index (χ3v) is 3.92. The largest absolute Gasteiger partial charge is 0.259 e. The highest BCUT2D eigenvalue weighted by atomic mass is 32.2. The van der Waals surface area contributed by atoms with Crippen molar-refractivity contribution in [2.24, 2.45) is 4.99 Å². The summed E-state index contributed by atoms with van der Waals surface area (Å²) in [5.41, 5.74) is 4.18. The van der Waals surface area contributed by atoms with Crippen LogP contribution < -0.4 is 10.4 Å². The summed E-state index contributed by atoms with van der Waals surface area (Å²) in [4.78, 5) is 6.63. The minimum absolute atomic E-state index is 0.822. The number of thioether (sulfide) groups is 1. The van der Waals surface area contributed by atoms with Gasteiger partial charge in [-0.2, -0.15) is 0 Å². The van der Waals surface area contributed by atoms with E-state index in [1.165, 1.54) is 10.4 Å². The van der Waals surface area contributed by atoms with Crippen LogP contribution in [0, 0.1) is 0 Å². The molecule has 1 aromatic rings. The molecule has 0 radical (unpaired) electrons. The fraction of sp³-hybridized carbons (Fsp3) is 0.0588. The molecule has 0 fully saturated rings. The Morgan fingerprint density at radius 1 is 1.21 bits per heavy atom. The first-order valence-corrected chi connectivity index (χ1v) is 6.96. The molecule has 0 spiro atoms. The van der Waals surface area contributed by atoms with Crippen LogP contribution in [0.4, 0.5) is 0 Å². The standard InChI is InChI=1S/C17H13NS/c1-13-12-15-7-3-2-6-14(15)9-10-16-17(19-13)8-4-5-11-18-16/h2-3,5-9,11-12H,1,10H2/b14-9-,15-12-. The summed E-state index contributed by atoms with van der Waals surface area (Å²) in [5.74, 6) is 0. The van der Waals surface area contributed by atoms with Crippen molar-refractivity contribution < 1.29 is 0 Å². The molecule has 0 N–H and O–H groups in total. The van der Waals surface area contributed by atoms with Gasteiger partial charge in [-0.05, 0) is 28.7 Å². The number of hydrogen-bond donors (Lipinski definition) is 0. The highest BCUT2D eigenvalue weighted by Crippen LogP contribution is 2.31. The molecular formula is C17H13NS. The molecule has 3 rings (SSSR count). The Balaban J connectivity index is 2.18. The zero-order valence-electron chi connectivity index (χ0n) is 10.5. The van der Waals surface area contributed by atoms with Crippen LogP contribution in [0.1, 0.15) is 6.42 Å². The van der Waals surface area contributed by atoms with E-state index in [0.717, 1.165) is 21.9 Å². The Morgan fingerprint density at radius 2 is 2.05 bits per heavy atom. The van der Waals surface area contributed by atoms with Crippen molar-refractivity contribution in [3.8, 4) is 0 Å². The molecule has 2 aliphatic heterocycles. The van der Waals surface area contributed by atoms with Gasteiger partial charge in [0, 0.05) is 22.4 Å². The first-order chi connectivity index (χ1) is 9.33. The summed E-state index contributed by atoms with van der Waals surface area (Å²) in [6.07, 6.45) is 10.8. The lowest BCUT2D eigenvalue weighted by molar-refractivity contribution is 1.20. The number of fused-ring (bicyclic) bond motifs is 1. The Morgan fingerprint density at radius 3 is 2.95 bits per heavy atom. The van der Waals surface area contributed by atoms with Crippen LogP contribution in [0.2, 0.25) is 0 Å². The average molecular weight is 263 g/mol. The molecular weight excluding hydrogens is 250 g/mol. The maximum absolute atomic E-state index is 4.49. The lowest BCUT2D eigenvalue weighted by Gasteiger charge is -2.04. The van der Waals surface area contributed by atoms with Gasteiger partial charge in [-0.1, -0.05) is 48.7 Å². The van der Waals surface area contributed by atoms with Crippen LogP contribution in [-0.2, 0) is 0 Å². The van der Waals surface area contributed by atoms with Gasteiger partial charge in [0.2, 0.25) is 0 Å². The Hall–Kier alpha value is -2.02. The van der Waals surface area contributed by atoms with Gasteiger partial charge in [0.25, 0.3) is 0 Å². The van der Waals surface area contributed by atoms with Crippen molar-refractivity contribution in [1.29, 1.82) is 0 Å². The molecule has 0 saturated carbocycles. The van der Waals surface area contributed by atoms with Gasteiger partial charge < -0.3 is 0 Å². The molecule has 0 bridgehead atoms. The van der Waals surface area contributed by atoms with Crippen LogP contribution in [0.15, 0.2) is 69.2 Å². The van der Waals surface area contributed by atoms with Crippen molar-refractivity contribution in [1.82, 2.24) is 0 Å². The number of rotatable bonds is 0. The van der Waals surface area contributed by atoms with Gasteiger partial charge in [0.05, 0.1) is 5.70 Å². The Labute approximate surface area is 116 Å². The molecule has 0 amide bonds. The molecule has 0 atom stereocenters. The van der Waals surface area contributed by atoms with Crippen LogP contribution in [0.5, 0.6) is 0 Å². The molecule has 19 heavy (non-hydrogen) atoms. The van der Waals surface area contributed by atoms with Crippen LogP contribution in [0.25, 0.3) is 12.2 Å².